The van der Waals surface area contributed by atoms with Crippen LogP contribution in [0.15, 0.2) is 42.7 Å². The van der Waals surface area contributed by atoms with Crippen LogP contribution in [0.3, 0.4) is 0 Å². The van der Waals surface area contributed by atoms with Crippen molar-refractivity contribution in [3.05, 3.63) is 65.5 Å². The number of halogens is 1. The average Bonchev–Trinajstić information content (AvgIpc) is 1.69. The molecule has 3 aromatic heterocycles. The van der Waals surface area contributed by atoms with Crippen molar-refractivity contribution < 1.29 is 95.9 Å². The van der Waals surface area contributed by atoms with Gasteiger partial charge in [-0.1, -0.05) is 79.9 Å². The number of nitrogens with one attached hydrogen (secondary N) is 2. The highest BCUT2D eigenvalue weighted by molar-refractivity contribution is 5.95. The number of benzene rings is 1. The Morgan fingerprint density at radius 3 is 1.87 bits per heavy atom. The van der Waals surface area contributed by atoms with Crippen LogP contribution >= 0.6 is 0 Å². The van der Waals surface area contributed by atoms with Crippen molar-refractivity contribution >= 4 is 41.2 Å². The van der Waals surface area contributed by atoms with E-state index in [1.165, 1.54) is 80.8 Å². The molecule has 4 aromatic rings. The number of esters is 1. The van der Waals surface area contributed by atoms with Crippen LogP contribution in [-0.4, -0.2) is 224 Å². The summed E-state index contributed by atoms with van der Waals surface area (Å²) in [5.41, 5.74) is 8.22. The second-order valence-electron chi connectivity index (χ2n) is 32.3. The Morgan fingerprint density at radius 1 is 0.661 bits per heavy atom. The van der Waals surface area contributed by atoms with E-state index in [-0.39, 0.29) is 190 Å². The lowest BCUT2D eigenvalue weighted by atomic mass is 9.44. The molecule has 1 aromatic carbocycles. The Kier molecular flexibility index (Phi) is 33.0. The summed E-state index contributed by atoms with van der Waals surface area (Å²) < 4.78 is 44.7. The molecule has 0 radical (unpaired) electrons. The summed E-state index contributed by atoms with van der Waals surface area (Å²) in [7, 11) is 0. The Balaban J connectivity index is 0.495. The molecular formula is C78H120FN11O19. The number of hydrogen-bond acceptors (Lipinski definition) is 23. The Hall–Kier alpha value is -6.75. The SMILES string of the molecule is CC(C)CCC[C@H](C)[C@H]1CCC2C3CCC4CC(OC(=O)C[C@H](NC(=O)CCOCCOCCOCCOOCCOOCCOOCCOOCCOCCNC(=O)Cn5cc(C(=O)N6CCN(C(=O)c7cn8nc(-c9ccc(F)cc9)cc(C(C)(C)C)c8n7)C(C)(C)C6)nn5)C(N)=O)CC[C@]4(C)C3CC[C@@]21C. The van der Waals surface area contributed by atoms with Crippen molar-refractivity contribution in [2.45, 2.75) is 189 Å². The molecule has 4 aliphatic carbocycles. The molecular weight excluding hydrogens is 1410 g/mol. The second kappa shape index (κ2) is 41.7. The van der Waals surface area contributed by atoms with Gasteiger partial charge in [-0.2, -0.15) is 5.10 Å². The molecule has 0 bridgehead atoms. The third-order valence-electron chi connectivity index (χ3n) is 22.7. The molecule has 30 nitrogen and oxygen atoms in total. The van der Waals surface area contributed by atoms with Crippen LogP contribution in [0.5, 0.6) is 0 Å². The molecule has 608 valence electrons. The van der Waals surface area contributed by atoms with E-state index in [9.17, 15) is 33.2 Å². The number of ether oxygens (including phenoxy) is 5. The Bertz CT molecular complexity index is 3540. The van der Waals surface area contributed by atoms with Gasteiger partial charge in [0.05, 0.1) is 82.9 Å². The smallest absolute Gasteiger partial charge is 0.308 e. The first-order valence-corrected chi connectivity index (χ1v) is 39.3. The molecule has 9 rings (SSSR count). The van der Waals surface area contributed by atoms with Crippen LogP contribution in [0.4, 0.5) is 4.39 Å². The van der Waals surface area contributed by atoms with E-state index in [0.717, 1.165) is 65.9 Å². The second-order valence-corrected chi connectivity index (χ2v) is 32.3. The summed E-state index contributed by atoms with van der Waals surface area (Å²) in [6.07, 6.45) is 17.1. The van der Waals surface area contributed by atoms with Gasteiger partial charge in [0.25, 0.3) is 11.8 Å². The molecule has 4 saturated carbocycles. The maximum Gasteiger partial charge on any atom is 0.308 e. The number of hydrogen-bond donors (Lipinski definition) is 3. The third-order valence-corrected chi connectivity index (χ3v) is 22.7. The molecule has 1 saturated heterocycles. The standard InChI is InChI=1S/C78H120FN11O19/c1-53(2)12-11-13-54(3)60-20-21-61-59-19-16-56-46-58(22-25-77(56,9)62(59)23-26-78(60,61)10)109-70(93)48-65(71(80)94)82-68(91)24-30-97-32-33-99-34-35-100-37-39-102-104-41-43-106-108-45-44-107-105-42-40-103-101-38-36-98-31-27-81-69(92)51-88-49-67(84-86-88)73(95)87-28-29-89(76(7,8)52-87)74(96)66-50-90-72(83-66)63(75(4,5)6)47-64(85-90)55-14-17-57(79)18-15-55/h14-15,17-18,47,49-50,53-54,56,58-62,65H,11-13,16,19-46,48,51-52H2,1-10H3,(H2,80,94)(H,81,92)(H,82,91)/t54-,56?,58?,59?,60+,61?,62?,65-,77-,78+/m0/s1. The van der Waals surface area contributed by atoms with Crippen molar-refractivity contribution in [3.63, 3.8) is 0 Å². The summed E-state index contributed by atoms with van der Waals surface area (Å²) >= 11 is 0. The van der Waals surface area contributed by atoms with Crippen molar-refractivity contribution in [1.29, 1.82) is 0 Å². The number of carbonyl (C=O) groups excluding carboxylic acids is 6. The zero-order valence-corrected chi connectivity index (χ0v) is 65.8. The molecule has 4 heterocycles. The number of carbonyl (C=O) groups is 6. The van der Waals surface area contributed by atoms with Crippen LogP contribution in [0.2, 0.25) is 0 Å². The molecule has 10 atom stereocenters. The Labute approximate surface area is 639 Å². The molecule has 5 aliphatic rings. The zero-order valence-electron chi connectivity index (χ0n) is 65.8. The molecule has 5 amide bonds. The van der Waals surface area contributed by atoms with Gasteiger partial charge in [0.2, 0.25) is 17.7 Å². The molecule has 4 N–H and O–H groups in total. The fourth-order valence-corrected chi connectivity index (χ4v) is 17.2. The lowest BCUT2D eigenvalue weighted by molar-refractivity contribution is -0.367. The largest absolute Gasteiger partial charge is 0.462 e. The number of nitrogens with zero attached hydrogens (tertiary/aromatic N) is 8. The van der Waals surface area contributed by atoms with Crippen LogP contribution in [0.25, 0.3) is 16.9 Å². The van der Waals surface area contributed by atoms with E-state index in [0.29, 0.717) is 35.9 Å². The lowest BCUT2D eigenvalue weighted by Crippen LogP contribution is -2.62. The predicted molar refractivity (Wildman–Crippen MR) is 395 cm³/mol. The highest BCUT2D eigenvalue weighted by Crippen LogP contribution is 2.68. The van der Waals surface area contributed by atoms with Gasteiger partial charge in [0.15, 0.2) is 11.3 Å². The normalized spacial score (nSPS) is 23.1. The van der Waals surface area contributed by atoms with Gasteiger partial charge in [0, 0.05) is 43.7 Å². The molecule has 0 spiro atoms. The summed E-state index contributed by atoms with van der Waals surface area (Å²) in [6, 6.07) is 6.83. The molecule has 109 heavy (non-hydrogen) atoms. The van der Waals surface area contributed by atoms with Crippen molar-refractivity contribution in [3.8, 4) is 11.3 Å². The number of fused-ring (bicyclic) bond motifs is 6. The van der Waals surface area contributed by atoms with E-state index in [1.807, 2.05) is 40.7 Å². The maximum atomic E-state index is 14.1. The van der Waals surface area contributed by atoms with E-state index in [4.69, 9.17) is 78.6 Å². The van der Waals surface area contributed by atoms with Gasteiger partial charge >= 0.3 is 5.97 Å². The highest BCUT2D eigenvalue weighted by Gasteiger charge is 2.61. The predicted octanol–water partition coefficient (Wildman–Crippen LogP) is 8.56. The lowest BCUT2D eigenvalue weighted by Gasteiger charge is -2.61. The van der Waals surface area contributed by atoms with Gasteiger partial charge in [-0.25, -0.2) is 57.7 Å². The maximum absolute atomic E-state index is 14.1. The quantitative estimate of drug-likeness (QED) is 0.0161. The number of imidazole rings is 1. The molecule has 1 aliphatic heterocycles. The average molecular weight is 1530 g/mol. The minimum Gasteiger partial charge on any atom is -0.462 e. The van der Waals surface area contributed by atoms with Gasteiger partial charge in [-0.15, -0.1) is 5.10 Å². The van der Waals surface area contributed by atoms with Crippen LogP contribution in [0, 0.1) is 58.1 Å². The van der Waals surface area contributed by atoms with E-state index in [1.54, 1.807) is 32.6 Å². The number of primary amides is 1. The summed E-state index contributed by atoms with van der Waals surface area (Å²) in [4.78, 5) is 127. The molecule has 31 heteroatoms. The first-order chi connectivity index (χ1) is 52.2. The summed E-state index contributed by atoms with van der Waals surface area (Å²) in [5, 5.41) is 18.1. The number of aromatic nitrogens is 6. The van der Waals surface area contributed by atoms with E-state index < -0.39 is 29.4 Å². The Morgan fingerprint density at radius 2 is 1.26 bits per heavy atom. The monoisotopic (exact) mass is 1530 g/mol. The molecule has 5 unspecified atom stereocenters. The number of nitrogens with two attached hydrogens (primary N) is 1. The van der Waals surface area contributed by atoms with Crippen LogP contribution in [-0.2, 0) is 93.9 Å². The minimum atomic E-state index is -1.17. The van der Waals surface area contributed by atoms with Crippen molar-refractivity contribution in [2.75, 3.05) is 132 Å². The minimum absolute atomic E-state index is 0.0228. The zero-order chi connectivity index (χ0) is 78.1. The van der Waals surface area contributed by atoms with E-state index >= 15 is 0 Å². The first kappa shape index (κ1) is 86.2. The third kappa shape index (κ3) is 24.9. The summed E-state index contributed by atoms with van der Waals surface area (Å²) in [5.74, 6) is 2.09. The van der Waals surface area contributed by atoms with Gasteiger partial charge in [-0.3, -0.25) is 28.8 Å². The van der Waals surface area contributed by atoms with Gasteiger partial charge in [-0.05, 0) is 160 Å². The van der Waals surface area contributed by atoms with Crippen LogP contribution < -0.4 is 16.4 Å². The fourth-order valence-electron chi connectivity index (χ4n) is 17.2. The van der Waals surface area contributed by atoms with Crippen molar-refractivity contribution in [2.24, 2.45) is 58.0 Å². The van der Waals surface area contributed by atoms with Gasteiger partial charge in [0.1, 0.15) is 83.1 Å². The van der Waals surface area contributed by atoms with Crippen molar-refractivity contribution in [1.82, 2.24) is 50.0 Å². The molecule has 5 fully saturated rings. The topological polar surface area (TPSA) is 340 Å². The van der Waals surface area contributed by atoms with Crippen LogP contribution in [0.1, 0.15) is 186 Å². The number of rotatable bonds is 46. The summed E-state index contributed by atoms with van der Waals surface area (Å²) in [6.45, 7) is 25.7. The van der Waals surface area contributed by atoms with Gasteiger partial charge < -0.3 is 49.9 Å². The fraction of sp³-hybridized carbons (Fsp3) is 0.744. The van der Waals surface area contributed by atoms with E-state index in [2.05, 4.69) is 55.6 Å². The number of piperazine rings is 1. The number of amides is 5. The highest BCUT2D eigenvalue weighted by atomic mass is 19.1. The first-order valence-electron chi connectivity index (χ1n) is 39.3.